The van der Waals surface area contributed by atoms with E-state index in [1.54, 1.807) is 0 Å². The van der Waals surface area contributed by atoms with Crippen molar-refractivity contribution in [2.45, 2.75) is 39.0 Å². The van der Waals surface area contributed by atoms with E-state index in [0.717, 1.165) is 30.5 Å². The fraction of sp³-hybridized carbons (Fsp3) is 0.474. The molecular weight excluding hydrogens is 346 g/mol. The van der Waals surface area contributed by atoms with Crippen LogP contribution in [-0.2, 0) is 11.2 Å². The molecule has 27 heavy (non-hydrogen) atoms. The number of hydrogen-bond acceptors (Lipinski definition) is 5. The number of nitrogens with one attached hydrogen (secondary N) is 2. The van der Waals surface area contributed by atoms with Crippen LogP contribution in [0.4, 0.5) is 10.5 Å². The van der Waals surface area contributed by atoms with Crippen molar-refractivity contribution in [2.24, 2.45) is 0 Å². The average Bonchev–Trinajstić information content (AvgIpc) is 3.09. The summed E-state index contributed by atoms with van der Waals surface area (Å²) in [6.07, 6.45) is 2.41. The zero-order chi connectivity index (χ0) is 19.2. The van der Waals surface area contributed by atoms with Gasteiger partial charge in [-0.25, -0.2) is 4.79 Å². The van der Waals surface area contributed by atoms with Crippen LogP contribution in [0.25, 0.3) is 0 Å². The summed E-state index contributed by atoms with van der Waals surface area (Å²) in [7, 11) is 0. The van der Waals surface area contributed by atoms with Gasteiger partial charge in [-0.15, -0.1) is 0 Å². The molecule has 0 unspecified atom stereocenters. The molecule has 1 aromatic heterocycles. The molecule has 0 spiro atoms. The smallest absolute Gasteiger partial charge is 0.317 e. The van der Waals surface area contributed by atoms with Crippen molar-refractivity contribution in [1.82, 2.24) is 20.4 Å². The number of rotatable bonds is 5. The Kier molecular flexibility index (Phi) is 6.05. The van der Waals surface area contributed by atoms with Gasteiger partial charge >= 0.3 is 6.03 Å². The van der Waals surface area contributed by atoms with Crippen LogP contribution in [-0.4, -0.2) is 46.6 Å². The standard InChI is InChI=1S/C19H25N5O3/c1-13-21-18(27-23-13)16-8-11-24(12-9-16)19(26)20-10-7-15-3-5-17(6-4-15)22-14(2)25/h3-6,16H,7-12H2,1-2H3,(H,20,26)(H,22,25). The van der Waals surface area contributed by atoms with Gasteiger partial charge in [-0.3, -0.25) is 4.79 Å². The van der Waals surface area contributed by atoms with E-state index in [1.165, 1.54) is 6.92 Å². The molecule has 2 N–H and O–H groups in total. The fourth-order valence-electron chi connectivity index (χ4n) is 3.19. The van der Waals surface area contributed by atoms with Crippen LogP contribution in [0.2, 0.25) is 0 Å². The van der Waals surface area contributed by atoms with Gasteiger partial charge in [0.1, 0.15) is 0 Å². The zero-order valence-electron chi connectivity index (χ0n) is 15.7. The molecule has 0 saturated carbocycles. The number of benzene rings is 1. The minimum atomic E-state index is -0.0898. The molecular formula is C19H25N5O3. The Bertz CT molecular complexity index is 779. The lowest BCUT2D eigenvalue weighted by atomic mass is 9.97. The number of aryl methyl sites for hydroxylation is 1. The first-order valence-corrected chi connectivity index (χ1v) is 9.21. The van der Waals surface area contributed by atoms with Gasteiger partial charge in [0.15, 0.2) is 5.82 Å². The van der Waals surface area contributed by atoms with Gasteiger partial charge in [0.2, 0.25) is 11.8 Å². The minimum absolute atomic E-state index is 0.0370. The van der Waals surface area contributed by atoms with Gasteiger partial charge in [-0.1, -0.05) is 17.3 Å². The second kappa shape index (κ2) is 8.66. The second-order valence-corrected chi connectivity index (χ2v) is 6.80. The van der Waals surface area contributed by atoms with E-state index in [1.807, 2.05) is 36.1 Å². The number of amides is 3. The van der Waals surface area contributed by atoms with E-state index >= 15 is 0 Å². The highest BCUT2D eigenvalue weighted by atomic mass is 16.5. The van der Waals surface area contributed by atoms with Gasteiger partial charge in [0.05, 0.1) is 0 Å². The summed E-state index contributed by atoms with van der Waals surface area (Å²) in [4.78, 5) is 29.5. The topological polar surface area (TPSA) is 100 Å². The Labute approximate surface area is 158 Å². The number of anilines is 1. The molecule has 2 heterocycles. The lowest BCUT2D eigenvalue weighted by Gasteiger charge is -2.30. The SMILES string of the molecule is CC(=O)Nc1ccc(CCNC(=O)N2CCC(c3nc(C)no3)CC2)cc1. The molecule has 0 bridgehead atoms. The lowest BCUT2D eigenvalue weighted by Crippen LogP contribution is -2.44. The molecule has 1 aliphatic heterocycles. The highest BCUT2D eigenvalue weighted by Crippen LogP contribution is 2.26. The van der Waals surface area contributed by atoms with Crippen LogP contribution in [0.3, 0.4) is 0 Å². The maximum atomic E-state index is 12.3. The Morgan fingerprint density at radius 1 is 1.22 bits per heavy atom. The molecule has 0 radical (unpaired) electrons. The summed E-state index contributed by atoms with van der Waals surface area (Å²) in [6.45, 7) is 5.23. The van der Waals surface area contributed by atoms with Crippen molar-refractivity contribution in [2.75, 3.05) is 25.0 Å². The van der Waals surface area contributed by atoms with Crippen molar-refractivity contribution in [3.05, 3.63) is 41.5 Å². The molecule has 1 aromatic carbocycles. The number of urea groups is 1. The normalized spacial score (nSPS) is 14.8. The lowest BCUT2D eigenvalue weighted by molar-refractivity contribution is -0.114. The van der Waals surface area contributed by atoms with Crippen molar-refractivity contribution in [1.29, 1.82) is 0 Å². The monoisotopic (exact) mass is 371 g/mol. The quantitative estimate of drug-likeness (QED) is 0.841. The van der Waals surface area contributed by atoms with Crippen LogP contribution in [0, 0.1) is 6.92 Å². The average molecular weight is 371 g/mol. The van der Waals surface area contributed by atoms with E-state index in [0.29, 0.717) is 31.3 Å². The molecule has 8 heteroatoms. The van der Waals surface area contributed by atoms with E-state index < -0.39 is 0 Å². The molecule has 3 amide bonds. The summed E-state index contributed by atoms with van der Waals surface area (Å²) in [5.41, 5.74) is 1.88. The maximum Gasteiger partial charge on any atom is 0.317 e. The summed E-state index contributed by atoms with van der Waals surface area (Å²) < 4.78 is 5.24. The Balaban J connectivity index is 1.39. The molecule has 1 saturated heterocycles. The van der Waals surface area contributed by atoms with Gasteiger partial charge in [-0.05, 0) is 43.9 Å². The first-order valence-electron chi connectivity index (χ1n) is 9.21. The third kappa shape index (κ3) is 5.29. The Morgan fingerprint density at radius 3 is 2.52 bits per heavy atom. The van der Waals surface area contributed by atoms with Crippen molar-refractivity contribution < 1.29 is 14.1 Å². The number of aromatic nitrogens is 2. The minimum Gasteiger partial charge on any atom is -0.339 e. The van der Waals surface area contributed by atoms with Gasteiger partial charge in [0, 0.05) is 38.2 Å². The highest BCUT2D eigenvalue weighted by Gasteiger charge is 2.26. The molecule has 3 rings (SSSR count). The van der Waals surface area contributed by atoms with Crippen LogP contribution >= 0.6 is 0 Å². The van der Waals surface area contributed by atoms with Gasteiger partial charge in [0.25, 0.3) is 0 Å². The molecule has 0 atom stereocenters. The molecule has 144 valence electrons. The van der Waals surface area contributed by atoms with Crippen molar-refractivity contribution >= 4 is 17.6 Å². The van der Waals surface area contributed by atoms with E-state index in [4.69, 9.17) is 4.52 Å². The highest BCUT2D eigenvalue weighted by molar-refractivity contribution is 5.88. The third-order valence-electron chi connectivity index (χ3n) is 4.64. The predicted molar refractivity (Wildman–Crippen MR) is 100 cm³/mol. The van der Waals surface area contributed by atoms with Crippen LogP contribution in [0.1, 0.15) is 43.0 Å². The molecule has 8 nitrogen and oxygen atoms in total. The molecule has 0 aliphatic carbocycles. The number of hydrogen-bond donors (Lipinski definition) is 2. The van der Waals surface area contributed by atoms with Crippen LogP contribution in [0.15, 0.2) is 28.8 Å². The number of piperidine rings is 1. The zero-order valence-corrected chi connectivity index (χ0v) is 15.7. The van der Waals surface area contributed by atoms with Gasteiger partial charge < -0.3 is 20.1 Å². The number of carbonyl (C=O) groups excluding carboxylic acids is 2. The summed E-state index contributed by atoms with van der Waals surface area (Å²) in [6, 6.07) is 7.60. The van der Waals surface area contributed by atoms with E-state index in [9.17, 15) is 9.59 Å². The molecule has 1 aliphatic rings. The Morgan fingerprint density at radius 2 is 1.93 bits per heavy atom. The summed E-state index contributed by atoms with van der Waals surface area (Å²) in [5, 5.41) is 9.54. The molecule has 1 fully saturated rings. The molecule has 2 aromatic rings. The van der Waals surface area contributed by atoms with Crippen LogP contribution < -0.4 is 10.6 Å². The summed E-state index contributed by atoms with van der Waals surface area (Å²) >= 11 is 0. The fourth-order valence-corrected chi connectivity index (χ4v) is 3.19. The largest absolute Gasteiger partial charge is 0.339 e. The third-order valence-corrected chi connectivity index (χ3v) is 4.64. The summed E-state index contributed by atoms with van der Waals surface area (Å²) in [5.74, 6) is 1.47. The van der Waals surface area contributed by atoms with Crippen molar-refractivity contribution in [3.8, 4) is 0 Å². The Hall–Kier alpha value is -2.90. The first kappa shape index (κ1) is 18.9. The first-order chi connectivity index (χ1) is 13.0. The predicted octanol–water partition coefficient (Wildman–Crippen LogP) is 2.47. The van der Waals surface area contributed by atoms with Crippen molar-refractivity contribution in [3.63, 3.8) is 0 Å². The second-order valence-electron chi connectivity index (χ2n) is 6.80. The number of likely N-dealkylation sites (tertiary alicyclic amines) is 1. The number of carbonyl (C=O) groups is 2. The van der Waals surface area contributed by atoms with Gasteiger partial charge in [-0.2, -0.15) is 4.98 Å². The van der Waals surface area contributed by atoms with E-state index in [2.05, 4.69) is 20.8 Å². The van der Waals surface area contributed by atoms with E-state index in [-0.39, 0.29) is 17.9 Å². The van der Waals surface area contributed by atoms with Crippen LogP contribution in [0.5, 0.6) is 0 Å². The maximum absolute atomic E-state index is 12.3. The number of nitrogens with zero attached hydrogens (tertiary/aromatic N) is 3.